The minimum atomic E-state index is -4.68. The van der Waals surface area contributed by atoms with Crippen molar-refractivity contribution in [1.29, 1.82) is 0 Å². The van der Waals surface area contributed by atoms with Crippen LogP contribution >= 0.6 is 0 Å². The lowest BCUT2D eigenvalue weighted by atomic mass is 10.1. The molecule has 0 aliphatic carbocycles. The molecular weight excluding hydrogens is 385 g/mol. The van der Waals surface area contributed by atoms with Crippen molar-refractivity contribution in [2.24, 2.45) is 0 Å². The Morgan fingerprint density at radius 3 is 2.00 bits per heavy atom. The van der Waals surface area contributed by atoms with Gasteiger partial charge in [0.05, 0.1) is 11.1 Å². The van der Waals surface area contributed by atoms with Gasteiger partial charge >= 0.3 is 6.18 Å². The zero-order valence-corrected chi connectivity index (χ0v) is 15.1. The van der Waals surface area contributed by atoms with E-state index in [1.807, 2.05) is 0 Å². The van der Waals surface area contributed by atoms with E-state index in [0.29, 0.717) is 12.3 Å². The van der Waals surface area contributed by atoms with Crippen molar-refractivity contribution < 1.29 is 31.5 Å². The Labute approximate surface area is 157 Å². The summed E-state index contributed by atoms with van der Waals surface area (Å²) in [4.78, 5) is 28.2. The number of hydrogen-bond donors (Lipinski definition) is 1. The predicted molar refractivity (Wildman–Crippen MR) is 89.0 cm³/mol. The van der Waals surface area contributed by atoms with Crippen LogP contribution in [0.15, 0.2) is 36.5 Å². The van der Waals surface area contributed by atoms with Crippen LogP contribution in [0, 0.1) is 11.6 Å². The maximum atomic E-state index is 13.8. The lowest BCUT2D eigenvalue weighted by Gasteiger charge is -2.35. The van der Waals surface area contributed by atoms with Crippen molar-refractivity contribution >= 4 is 11.8 Å². The highest BCUT2D eigenvalue weighted by Crippen LogP contribution is 2.27. The Kier molecular flexibility index (Phi) is 5.72. The normalized spacial score (nSPS) is 11.9. The summed E-state index contributed by atoms with van der Waals surface area (Å²) >= 11 is 0. The van der Waals surface area contributed by atoms with Crippen molar-refractivity contribution in [1.82, 2.24) is 15.4 Å². The van der Waals surface area contributed by atoms with Crippen molar-refractivity contribution in [3.05, 3.63) is 65.0 Å². The average molecular weight is 401 g/mol. The summed E-state index contributed by atoms with van der Waals surface area (Å²) in [7, 11) is 0. The number of benzene rings is 1. The molecule has 28 heavy (non-hydrogen) atoms. The smallest absolute Gasteiger partial charge is 0.267 e. The molecule has 10 heteroatoms. The van der Waals surface area contributed by atoms with Gasteiger partial charge in [0.15, 0.2) is 0 Å². The number of halogens is 5. The highest BCUT2D eigenvalue weighted by molar-refractivity contribution is 5.99. The van der Waals surface area contributed by atoms with E-state index in [1.165, 1.54) is 20.8 Å². The van der Waals surface area contributed by atoms with Crippen LogP contribution < -0.4 is 5.43 Å². The number of nitrogens with zero attached hydrogens (tertiary/aromatic N) is 2. The standard InChI is InChI=1S/C18H16F5N3O2/c1-17(2,3)26(25-15(27)14-11(19)5-4-6-12(14)20)16(28)10-7-8-13(24-9-10)18(21,22)23/h4-9H,1-3H3,(H,25,27). The third-order valence-corrected chi connectivity index (χ3v) is 3.58. The molecule has 0 bridgehead atoms. The largest absolute Gasteiger partial charge is 0.433 e. The molecular formula is C18H16F5N3O2. The molecule has 0 unspecified atom stereocenters. The second kappa shape index (κ2) is 7.53. The molecule has 0 atom stereocenters. The van der Waals surface area contributed by atoms with Crippen molar-refractivity contribution in [3.8, 4) is 0 Å². The quantitative estimate of drug-likeness (QED) is 0.612. The Morgan fingerprint density at radius 2 is 1.57 bits per heavy atom. The summed E-state index contributed by atoms with van der Waals surface area (Å²) in [5, 5.41) is 0.769. The maximum absolute atomic E-state index is 13.8. The Hall–Kier alpha value is -3.04. The Bertz CT molecular complexity index is 869. The second-order valence-corrected chi connectivity index (χ2v) is 6.78. The van der Waals surface area contributed by atoms with Gasteiger partial charge in [0.25, 0.3) is 11.8 Å². The van der Waals surface area contributed by atoms with Crippen molar-refractivity contribution in [3.63, 3.8) is 0 Å². The Balaban J connectivity index is 2.34. The molecule has 1 N–H and O–H groups in total. The van der Waals surface area contributed by atoms with Gasteiger partial charge in [0.2, 0.25) is 0 Å². The van der Waals surface area contributed by atoms with E-state index in [4.69, 9.17) is 0 Å². The molecule has 0 radical (unpaired) electrons. The number of pyridine rings is 1. The van der Waals surface area contributed by atoms with Crippen LogP contribution in [0.1, 0.15) is 47.2 Å². The molecule has 2 aromatic rings. The second-order valence-electron chi connectivity index (χ2n) is 6.78. The molecule has 1 aromatic heterocycles. The van der Waals surface area contributed by atoms with Gasteiger partial charge in [-0.1, -0.05) is 6.07 Å². The number of rotatable bonds is 2. The van der Waals surface area contributed by atoms with E-state index in [-0.39, 0.29) is 5.56 Å². The number of hydrogen-bond acceptors (Lipinski definition) is 3. The van der Waals surface area contributed by atoms with E-state index in [9.17, 15) is 31.5 Å². The molecule has 150 valence electrons. The summed E-state index contributed by atoms with van der Waals surface area (Å²) in [6, 6.07) is 4.34. The van der Waals surface area contributed by atoms with Crippen LogP contribution in [-0.2, 0) is 6.18 Å². The lowest BCUT2D eigenvalue weighted by Crippen LogP contribution is -2.56. The van der Waals surface area contributed by atoms with Crippen LogP contribution in [-0.4, -0.2) is 27.3 Å². The van der Waals surface area contributed by atoms with Crippen LogP contribution in [0.2, 0.25) is 0 Å². The Morgan fingerprint density at radius 1 is 1.00 bits per heavy atom. The third kappa shape index (κ3) is 4.62. The van der Waals surface area contributed by atoms with E-state index in [1.54, 1.807) is 0 Å². The number of amides is 2. The van der Waals surface area contributed by atoms with Gasteiger partial charge in [-0.25, -0.2) is 13.8 Å². The molecule has 0 saturated carbocycles. The fourth-order valence-electron chi connectivity index (χ4n) is 2.21. The lowest BCUT2D eigenvalue weighted by molar-refractivity contribution is -0.141. The first-order chi connectivity index (χ1) is 12.8. The highest BCUT2D eigenvalue weighted by atomic mass is 19.4. The van der Waals surface area contributed by atoms with E-state index in [0.717, 1.165) is 29.3 Å². The summed E-state index contributed by atoms with van der Waals surface area (Å²) < 4.78 is 65.5. The summed E-state index contributed by atoms with van der Waals surface area (Å²) in [6.45, 7) is 4.54. The van der Waals surface area contributed by atoms with E-state index < -0.39 is 46.4 Å². The number of hydrazine groups is 1. The van der Waals surface area contributed by atoms with E-state index >= 15 is 0 Å². The minimum absolute atomic E-state index is 0.253. The number of aromatic nitrogens is 1. The molecule has 0 aliphatic rings. The fraction of sp³-hybridized carbons (Fsp3) is 0.278. The summed E-state index contributed by atoms with van der Waals surface area (Å²) in [5.41, 5.74) is -1.30. The monoisotopic (exact) mass is 401 g/mol. The first kappa shape index (κ1) is 21.3. The van der Waals surface area contributed by atoms with Gasteiger partial charge in [-0.05, 0) is 45.0 Å². The maximum Gasteiger partial charge on any atom is 0.433 e. The molecule has 2 rings (SSSR count). The van der Waals surface area contributed by atoms with Gasteiger partial charge in [-0.2, -0.15) is 13.2 Å². The SMILES string of the molecule is CC(C)(C)N(NC(=O)c1c(F)cccc1F)C(=O)c1ccc(C(F)(F)F)nc1. The topological polar surface area (TPSA) is 62.3 Å². The molecule has 1 heterocycles. The van der Waals surface area contributed by atoms with Gasteiger partial charge < -0.3 is 0 Å². The fourth-order valence-corrected chi connectivity index (χ4v) is 2.21. The number of nitrogens with one attached hydrogen (secondary N) is 1. The van der Waals surface area contributed by atoms with Gasteiger partial charge in [-0.15, -0.1) is 0 Å². The average Bonchev–Trinajstić information content (AvgIpc) is 2.57. The zero-order valence-electron chi connectivity index (χ0n) is 15.1. The van der Waals surface area contributed by atoms with Crippen LogP contribution in [0.3, 0.4) is 0 Å². The minimum Gasteiger partial charge on any atom is -0.267 e. The van der Waals surface area contributed by atoms with Crippen molar-refractivity contribution in [2.75, 3.05) is 0 Å². The summed E-state index contributed by atoms with van der Waals surface area (Å²) in [5.74, 6) is -4.39. The van der Waals surface area contributed by atoms with Crippen LogP contribution in [0.25, 0.3) is 0 Å². The highest BCUT2D eigenvalue weighted by Gasteiger charge is 2.34. The number of carbonyl (C=O) groups excluding carboxylic acids is 2. The van der Waals surface area contributed by atoms with Gasteiger partial charge in [-0.3, -0.25) is 20.0 Å². The molecule has 0 spiro atoms. The molecule has 0 fully saturated rings. The first-order valence-corrected chi connectivity index (χ1v) is 7.95. The number of alkyl halides is 3. The van der Waals surface area contributed by atoms with Crippen molar-refractivity contribution in [2.45, 2.75) is 32.5 Å². The van der Waals surface area contributed by atoms with Crippen LogP contribution in [0.5, 0.6) is 0 Å². The molecule has 1 aromatic carbocycles. The zero-order chi connectivity index (χ0) is 21.3. The first-order valence-electron chi connectivity index (χ1n) is 7.95. The molecule has 2 amide bonds. The molecule has 5 nitrogen and oxygen atoms in total. The van der Waals surface area contributed by atoms with Crippen LogP contribution in [0.4, 0.5) is 22.0 Å². The van der Waals surface area contributed by atoms with Gasteiger partial charge in [0.1, 0.15) is 22.9 Å². The third-order valence-electron chi connectivity index (χ3n) is 3.58. The molecule has 0 saturated heterocycles. The number of carbonyl (C=O) groups is 2. The predicted octanol–water partition coefficient (Wildman–Crippen LogP) is 3.96. The van der Waals surface area contributed by atoms with E-state index in [2.05, 4.69) is 10.4 Å². The molecule has 0 aliphatic heterocycles. The van der Waals surface area contributed by atoms with Gasteiger partial charge in [0, 0.05) is 6.20 Å². The summed E-state index contributed by atoms with van der Waals surface area (Å²) in [6.07, 6.45) is -3.97.